The number of nitrogens with one attached hydrogen (secondary N) is 1. The van der Waals surface area contributed by atoms with Crippen LogP contribution in [0.4, 0.5) is 26.3 Å². The van der Waals surface area contributed by atoms with E-state index in [-0.39, 0.29) is 24.1 Å². The molecule has 0 aliphatic carbocycles. The van der Waals surface area contributed by atoms with Crippen LogP contribution in [0.2, 0.25) is 18.1 Å². The second kappa shape index (κ2) is 10.5. The van der Waals surface area contributed by atoms with Crippen LogP contribution in [0.1, 0.15) is 43.9 Å². The molecule has 12 heteroatoms. The first-order chi connectivity index (χ1) is 14.8. The lowest BCUT2D eigenvalue weighted by atomic mass is 10.0. The van der Waals surface area contributed by atoms with Crippen molar-refractivity contribution >= 4 is 20.2 Å². The van der Waals surface area contributed by atoms with Gasteiger partial charge < -0.3 is 14.5 Å². The van der Waals surface area contributed by atoms with Gasteiger partial charge in [0.05, 0.1) is 24.7 Å². The van der Waals surface area contributed by atoms with Gasteiger partial charge in [-0.25, -0.2) is 4.79 Å². The van der Waals surface area contributed by atoms with Crippen molar-refractivity contribution in [3.05, 3.63) is 34.9 Å². The van der Waals surface area contributed by atoms with Gasteiger partial charge in [-0.1, -0.05) is 20.8 Å². The Morgan fingerprint density at radius 3 is 1.85 bits per heavy atom. The molecule has 1 aromatic rings. The van der Waals surface area contributed by atoms with Gasteiger partial charge in [-0.3, -0.25) is 4.79 Å². The van der Waals surface area contributed by atoms with Crippen molar-refractivity contribution in [2.24, 2.45) is 0 Å². The maximum absolute atomic E-state index is 13.0. The minimum absolute atomic E-state index is 0.0170. The van der Waals surface area contributed by atoms with Crippen LogP contribution in [0, 0.1) is 0 Å². The van der Waals surface area contributed by atoms with Gasteiger partial charge in [-0.2, -0.15) is 26.3 Å². The third kappa shape index (κ3) is 8.65. The maximum Gasteiger partial charge on any atom is 0.416 e. The molecule has 0 unspecified atom stereocenters. The Kier molecular flexibility index (Phi) is 9.17. The molecule has 1 N–H and O–H groups in total. The summed E-state index contributed by atoms with van der Waals surface area (Å²) in [4.78, 5) is 24.4. The number of hydrogen-bond acceptors (Lipinski definition) is 4. The van der Waals surface area contributed by atoms with Gasteiger partial charge in [-0.05, 0) is 41.9 Å². The number of alkyl halides is 6. The van der Waals surface area contributed by atoms with E-state index in [9.17, 15) is 35.9 Å². The zero-order chi connectivity index (χ0) is 25.8. The van der Waals surface area contributed by atoms with Crippen molar-refractivity contribution in [2.45, 2.75) is 70.1 Å². The summed E-state index contributed by atoms with van der Waals surface area (Å²) in [6, 6.07) is -0.234. The fraction of sp³-hybridized carbons (Fsp3) is 0.619. The second-order valence-electron chi connectivity index (χ2n) is 9.13. The molecule has 0 heterocycles. The van der Waals surface area contributed by atoms with E-state index in [0.29, 0.717) is 12.1 Å². The molecule has 0 spiro atoms. The molecule has 0 aromatic heterocycles. The van der Waals surface area contributed by atoms with Crippen molar-refractivity contribution in [1.29, 1.82) is 0 Å². The van der Waals surface area contributed by atoms with Gasteiger partial charge in [0, 0.05) is 13.0 Å². The number of hydrogen-bond donors (Lipinski definition) is 1. The highest BCUT2D eigenvalue weighted by molar-refractivity contribution is 6.74. The normalized spacial score (nSPS) is 14.1. The van der Waals surface area contributed by atoms with Crippen LogP contribution in [-0.4, -0.2) is 40.0 Å². The summed E-state index contributed by atoms with van der Waals surface area (Å²) in [5.74, 6) is -1.73. The average molecular weight is 502 g/mol. The van der Waals surface area contributed by atoms with Gasteiger partial charge >= 0.3 is 18.3 Å². The third-order valence-electron chi connectivity index (χ3n) is 5.51. The molecule has 0 saturated heterocycles. The fourth-order valence-corrected chi connectivity index (χ4v) is 3.65. The molecular formula is C21H29F6NO4Si. The quantitative estimate of drug-likeness (QED) is 0.297. The highest BCUT2D eigenvalue weighted by atomic mass is 28.4. The summed E-state index contributed by atoms with van der Waals surface area (Å²) in [6.07, 6.45) is -10.8. The maximum atomic E-state index is 13.0. The van der Waals surface area contributed by atoms with Crippen LogP contribution in [0.3, 0.4) is 0 Å². The average Bonchev–Trinajstić information content (AvgIpc) is 2.63. The van der Waals surface area contributed by atoms with Crippen LogP contribution in [0.25, 0.3) is 0 Å². The van der Waals surface area contributed by atoms with Crippen LogP contribution in [0.15, 0.2) is 18.2 Å². The van der Waals surface area contributed by atoms with E-state index in [4.69, 9.17) is 4.43 Å². The largest absolute Gasteiger partial charge is 0.467 e. The topological polar surface area (TPSA) is 64.6 Å². The van der Waals surface area contributed by atoms with Gasteiger partial charge in [-0.15, -0.1) is 0 Å². The molecule has 1 aromatic carbocycles. The van der Waals surface area contributed by atoms with Gasteiger partial charge in [0.2, 0.25) is 5.91 Å². The van der Waals surface area contributed by atoms with Crippen LogP contribution in [-0.2, 0) is 37.5 Å². The van der Waals surface area contributed by atoms with Crippen molar-refractivity contribution in [3.8, 4) is 0 Å². The van der Waals surface area contributed by atoms with Gasteiger partial charge in [0.25, 0.3) is 0 Å². The summed E-state index contributed by atoms with van der Waals surface area (Å²) in [5, 5.41) is 2.22. The van der Waals surface area contributed by atoms with E-state index in [1.807, 2.05) is 33.9 Å². The Hall–Kier alpha value is -2.08. The molecule has 188 valence electrons. The summed E-state index contributed by atoms with van der Waals surface area (Å²) in [6.45, 7) is 10.1. The molecule has 0 bridgehead atoms. The molecule has 5 nitrogen and oxygen atoms in total. The lowest BCUT2D eigenvalue weighted by Crippen LogP contribution is -2.45. The molecule has 0 radical (unpaired) electrons. The summed E-state index contributed by atoms with van der Waals surface area (Å²) >= 11 is 0. The van der Waals surface area contributed by atoms with E-state index in [1.54, 1.807) is 0 Å². The van der Waals surface area contributed by atoms with E-state index in [2.05, 4.69) is 10.1 Å². The number of methoxy groups -OCH3 is 1. The molecule has 0 aliphatic rings. The molecule has 0 saturated carbocycles. The predicted octanol–water partition coefficient (Wildman–Crippen LogP) is 5.34. The number of benzene rings is 1. The molecule has 1 amide bonds. The first-order valence-corrected chi connectivity index (χ1v) is 13.0. The van der Waals surface area contributed by atoms with Crippen LogP contribution < -0.4 is 5.32 Å². The summed E-state index contributed by atoms with van der Waals surface area (Å²) < 4.78 is 88.7. The van der Waals surface area contributed by atoms with E-state index >= 15 is 0 Å². The lowest BCUT2D eigenvalue weighted by molar-refractivity contribution is -0.145. The fourth-order valence-electron chi connectivity index (χ4n) is 2.59. The monoisotopic (exact) mass is 501 g/mol. The smallest absolute Gasteiger partial charge is 0.416 e. The highest BCUT2D eigenvalue weighted by Crippen LogP contribution is 2.37. The number of ether oxygens (including phenoxy) is 1. The first-order valence-electron chi connectivity index (χ1n) is 10.1. The third-order valence-corrected chi connectivity index (χ3v) is 10.0. The van der Waals surface area contributed by atoms with Crippen molar-refractivity contribution in [2.75, 3.05) is 13.7 Å². The lowest BCUT2D eigenvalue weighted by Gasteiger charge is -2.36. The number of rotatable bonds is 8. The standard InChI is InChI=1S/C21H29F6NO4Si/c1-19(2,3)33(5,6)32-8-7-16(18(30)31-4)28-17(29)11-13-9-14(20(22,23)24)12-15(10-13)21(25,26)27/h9-10,12,16H,7-8,11H2,1-6H3,(H,28,29)/t16-/m1/s1. The molecule has 33 heavy (non-hydrogen) atoms. The Labute approximate surface area is 190 Å². The van der Waals surface area contributed by atoms with Crippen LogP contribution in [0.5, 0.6) is 0 Å². The number of amides is 1. The number of carbonyl (C=O) groups is 2. The molecule has 1 rings (SSSR count). The van der Waals surface area contributed by atoms with E-state index < -0.39 is 61.7 Å². The number of esters is 1. The number of carbonyl (C=O) groups excluding carboxylic acids is 2. The van der Waals surface area contributed by atoms with Crippen LogP contribution >= 0.6 is 0 Å². The Bertz CT molecular complexity index is 814. The van der Waals surface area contributed by atoms with Crippen molar-refractivity contribution < 1.29 is 45.1 Å². The van der Waals surface area contributed by atoms with Crippen molar-refractivity contribution in [1.82, 2.24) is 5.32 Å². The molecule has 1 atom stereocenters. The summed E-state index contributed by atoms with van der Waals surface area (Å²) in [7, 11) is -1.05. The molecule has 0 fully saturated rings. The first kappa shape index (κ1) is 28.9. The Morgan fingerprint density at radius 2 is 1.45 bits per heavy atom. The minimum atomic E-state index is -5.03. The molecule has 0 aliphatic heterocycles. The predicted molar refractivity (Wildman–Crippen MR) is 112 cm³/mol. The zero-order valence-corrected chi connectivity index (χ0v) is 20.3. The minimum Gasteiger partial charge on any atom is -0.467 e. The SMILES string of the molecule is COC(=O)[C@@H](CCO[Si](C)(C)C(C)(C)C)NC(=O)Cc1cc(C(F)(F)F)cc(C(F)(F)F)c1. The summed E-state index contributed by atoms with van der Waals surface area (Å²) in [5.41, 5.74) is -3.53. The zero-order valence-electron chi connectivity index (χ0n) is 19.3. The Morgan fingerprint density at radius 1 is 0.970 bits per heavy atom. The van der Waals surface area contributed by atoms with Crippen molar-refractivity contribution in [3.63, 3.8) is 0 Å². The van der Waals surface area contributed by atoms with Gasteiger partial charge in [0.15, 0.2) is 8.32 Å². The van der Waals surface area contributed by atoms with E-state index in [1.165, 1.54) is 0 Å². The molecular weight excluding hydrogens is 472 g/mol. The van der Waals surface area contributed by atoms with Gasteiger partial charge in [0.1, 0.15) is 6.04 Å². The van der Waals surface area contributed by atoms with E-state index in [0.717, 1.165) is 7.11 Å². The second-order valence-corrected chi connectivity index (χ2v) is 13.9. The Balaban J connectivity index is 2.98. The highest BCUT2D eigenvalue weighted by Gasteiger charge is 2.38. The number of halogens is 6.